The van der Waals surface area contributed by atoms with Crippen LogP contribution in [0.4, 0.5) is 0 Å². The number of rotatable bonds is 8. The maximum absolute atomic E-state index is 5.56. The Bertz CT molecular complexity index is 666. The Morgan fingerprint density at radius 1 is 1.16 bits per heavy atom. The maximum atomic E-state index is 5.56. The third-order valence-corrected chi connectivity index (χ3v) is 6.62. The van der Waals surface area contributed by atoms with Gasteiger partial charge < -0.3 is 15.4 Å². The summed E-state index contributed by atoms with van der Waals surface area (Å²) in [6.07, 6.45) is 3.49. The number of likely N-dealkylation sites (tertiary alicyclic amines) is 1. The van der Waals surface area contributed by atoms with Gasteiger partial charge in [-0.2, -0.15) is 0 Å². The molecule has 182 valence electrons. The highest BCUT2D eigenvalue weighted by Crippen LogP contribution is 2.20. The van der Waals surface area contributed by atoms with Gasteiger partial charge in [0.15, 0.2) is 5.96 Å². The average molecular weight is 558 g/mol. The van der Waals surface area contributed by atoms with E-state index in [0.717, 1.165) is 64.7 Å². The van der Waals surface area contributed by atoms with Crippen LogP contribution in [0, 0.1) is 5.92 Å². The van der Waals surface area contributed by atoms with Crippen molar-refractivity contribution in [2.45, 2.75) is 64.7 Å². The highest BCUT2D eigenvalue weighted by Gasteiger charge is 2.27. The Morgan fingerprint density at radius 2 is 1.88 bits per heavy atom. The van der Waals surface area contributed by atoms with E-state index >= 15 is 0 Å². The zero-order valence-corrected chi connectivity index (χ0v) is 22.8. The van der Waals surface area contributed by atoms with Crippen molar-refractivity contribution in [3.8, 4) is 0 Å². The molecule has 7 heteroatoms. The SMILES string of the molecule is CN=C(NCC(CC(C)C)N1CCOCC1)NC1CCN(Cc2ccccc2)C(C)C1.I. The topological polar surface area (TPSA) is 52.1 Å². The zero-order valence-electron chi connectivity index (χ0n) is 20.4. The third kappa shape index (κ3) is 8.80. The Morgan fingerprint density at radius 3 is 2.50 bits per heavy atom. The van der Waals surface area contributed by atoms with Crippen LogP contribution in [0.25, 0.3) is 0 Å². The molecule has 1 aromatic carbocycles. The molecule has 1 aromatic rings. The van der Waals surface area contributed by atoms with Crippen molar-refractivity contribution in [2.24, 2.45) is 10.9 Å². The lowest BCUT2D eigenvalue weighted by molar-refractivity contribution is 0.0132. The van der Waals surface area contributed by atoms with Crippen molar-refractivity contribution < 1.29 is 4.74 Å². The second kappa shape index (κ2) is 14.4. The lowest BCUT2D eigenvalue weighted by Gasteiger charge is -2.39. The molecule has 3 unspecified atom stereocenters. The molecule has 3 atom stereocenters. The highest BCUT2D eigenvalue weighted by atomic mass is 127. The van der Waals surface area contributed by atoms with Crippen LogP contribution >= 0.6 is 24.0 Å². The molecule has 6 nitrogen and oxygen atoms in total. The molecule has 2 saturated heterocycles. The minimum atomic E-state index is 0. The molecule has 2 aliphatic heterocycles. The molecule has 0 amide bonds. The van der Waals surface area contributed by atoms with E-state index in [4.69, 9.17) is 4.74 Å². The molecule has 2 N–H and O–H groups in total. The molecular formula is C25H44IN5O. The van der Waals surface area contributed by atoms with Gasteiger partial charge in [-0.25, -0.2) is 0 Å². The standard InChI is InChI=1S/C25H43N5O.HI/c1-20(2)16-24(29-12-14-31-15-13-29)18-27-25(26-4)28-23-10-11-30(21(3)17-23)19-22-8-6-5-7-9-22;/h5-9,20-21,23-24H,10-19H2,1-4H3,(H2,26,27,28);1H. The Labute approximate surface area is 212 Å². The summed E-state index contributed by atoms with van der Waals surface area (Å²) in [5, 5.41) is 7.33. The molecule has 2 fully saturated rings. The zero-order chi connectivity index (χ0) is 22.1. The molecule has 0 aromatic heterocycles. The van der Waals surface area contributed by atoms with Gasteiger partial charge in [0.25, 0.3) is 0 Å². The normalized spacial score (nSPS) is 24.1. The van der Waals surface area contributed by atoms with Gasteiger partial charge in [0.05, 0.1) is 13.2 Å². The molecule has 0 aliphatic carbocycles. The van der Waals surface area contributed by atoms with Gasteiger partial charge in [0, 0.05) is 57.9 Å². The summed E-state index contributed by atoms with van der Waals surface area (Å²) in [7, 11) is 1.88. The number of nitrogens with zero attached hydrogens (tertiary/aromatic N) is 3. The quantitative estimate of drug-likeness (QED) is 0.291. The van der Waals surface area contributed by atoms with Crippen molar-refractivity contribution in [3.63, 3.8) is 0 Å². The van der Waals surface area contributed by atoms with Crippen LogP contribution in [0.1, 0.15) is 45.6 Å². The summed E-state index contributed by atoms with van der Waals surface area (Å²) >= 11 is 0. The van der Waals surface area contributed by atoms with Gasteiger partial charge in [-0.1, -0.05) is 44.2 Å². The first kappa shape index (κ1) is 27.3. The molecule has 2 aliphatic rings. The largest absolute Gasteiger partial charge is 0.379 e. The number of benzene rings is 1. The second-order valence-corrected chi connectivity index (χ2v) is 9.56. The minimum Gasteiger partial charge on any atom is -0.379 e. The number of halogens is 1. The number of aliphatic imine (C=N–C) groups is 1. The molecule has 0 radical (unpaired) electrons. The molecular weight excluding hydrogens is 513 g/mol. The smallest absolute Gasteiger partial charge is 0.191 e. The van der Waals surface area contributed by atoms with Gasteiger partial charge in [-0.15, -0.1) is 24.0 Å². The van der Waals surface area contributed by atoms with Crippen molar-refractivity contribution in [1.82, 2.24) is 20.4 Å². The van der Waals surface area contributed by atoms with E-state index in [9.17, 15) is 0 Å². The van der Waals surface area contributed by atoms with E-state index in [-0.39, 0.29) is 24.0 Å². The van der Waals surface area contributed by atoms with E-state index in [0.29, 0.717) is 24.0 Å². The van der Waals surface area contributed by atoms with Gasteiger partial charge in [-0.05, 0) is 37.7 Å². The van der Waals surface area contributed by atoms with Crippen molar-refractivity contribution in [1.29, 1.82) is 0 Å². The number of guanidine groups is 1. The van der Waals surface area contributed by atoms with Crippen molar-refractivity contribution in [2.75, 3.05) is 46.4 Å². The first-order valence-corrected chi connectivity index (χ1v) is 12.1. The van der Waals surface area contributed by atoms with Gasteiger partial charge in [-0.3, -0.25) is 14.8 Å². The summed E-state index contributed by atoms with van der Waals surface area (Å²) in [6.45, 7) is 13.8. The molecule has 0 bridgehead atoms. The van der Waals surface area contributed by atoms with E-state index in [1.165, 1.54) is 12.0 Å². The maximum Gasteiger partial charge on any atom is 0.191 e. The fourth-order valence-electron chi connectivity index (χ4n) is 4.86. The van der Waals surface area contributed by atoms with Crippen LogP contribution in [0.5, 0.6) is 0 Å². The first-order chi connectivity index (χ1) is 15.0. The second-order valence-electron chi connectivity index (χ2n) is 9.56. The molecule has 0 saturated carbocycles. The lowest BCUT2D eigenvalue weighted by Crippen LogP contribution is -2.54. The van der Waals surface area contributed by atoms with E-state index in [1.807, 2.05) is 7.05 Å². The van der Waals surface area contributed by atoms with Gasteiger partial charge in [0.2, 0.25) is 0 Å². The molecule has 3 rings (SSSR count). The third-order valence-electron chi connectivity index (χ3n) is 6.62. The summed E-state index contributed by atoms with van der Waals surface area (Å²) in [5.41, 5.74) is 1.40. The van der Waals surface area contributed by atoms with Gasteiger partial charge in [0.1, 0.15) is 0 Å². The summed E-state index contributed by atoms with van der Waals surface area (Å²) in [4.78, 5) is 9.70. The van der Waals surface area contributed by atoms with Crippen LogP contribution in [0.15, 0.2) is 35.3 Å². The molecule has 0 spiro atoms. The fraction of sp³-hybridized carbons (Fsp3) is 0.720. The van der Waals surface area contributed by atoms with Crippen LogP contribution in [-0.4, -0.2) is 80.3 Å². The summed E-state index contributed by atoms with van der Waals surface area (Å²) < 4.78 is 5.56. The molecule has 2 heterocycles. The Hall–Kier alpha value is -0.900. The van der Waals surface area contributed by atoms with E-state index in [2.05, 4.69) is 76.5 Å². The van der Waals surface area contributed by atoms with Crippen LogP contribution in [-0.2, 0) is 11.3 Å². The van der Waals surface area contributed by atoms with Crippen molar-refractivity contribution >= 4 is 29.9 Å². The highest BCUT2D eigenvalue weighted by molar-refractivity contribution is 14.0. The lowest BCUT2D eigenvalue weighted by atomic mass is 9.97. The van der Waals surface area contributed by atoms with Crippen molar-refractivity contribution in [3.05, 3.63) is 35.9 Å². The van der Waals surface area contributed by atoms with Crippen LogP contribution in [0.3, 0.4) is 0 Å². The average Bonchev–Trinajstić information content (AvgIpc) is 2.78. The predicted molar refractivity (Wildman–Crippen MR) is 145 cm³/mol. The number of nitrogens with one attached hydrogen (secondary N) is 2. The van der Waals surface area contributed by atoms with E-state index < -0.39 is 0 Å². The van der Waals surface area contributed by atoms with Gasteiger partial charge >= 0.3 is 0 Å². The van der Waals surface area contributed by atoms with Crippen LogP contribution < -0.4 is 10.6 Å². The minimum absolute atomic E-state index is 0. The number of ether oxygens (including phenoxy) is 1. The van der Waals surface area contributed by atoms with E-state index in [1.54, 1.807) is 0 Å². The Kier molecular flexibility index (Phi) is 12.3. The number of piperidine rings is 1. The first-order valence-electron chi connectivity index (χ1n) is 12.1. The monoisotopic (exact) mass is 557 g/mol. The Balaban J connectivity index is 0.00000363. The molecule has 32 heavy (non-hydrogen) atoms. The number of morpholine rings is 1. The predicted octanol–water partition coefficient (Wildman–Crippen LogP) is 3.57. The number of hydrogen-bond acceptors (Lipinski definition) is 4. The number of hydrogen-bond donors (Lipinski definition) is 2. The summed E-state index contributed by atoms with van der Waals surface area (Å²) in [5.74, 6) is 1.62. The fourth-order valence-corrected chi connectivity index (χ4v) is 4.86. The summed E-state index contributed by atoms with van der Waals surface area (Å²) in [6, 6.07) is 12.4. The van der Waals surface area contributed by atoms with Crippen LogP contribution in [0.2, 0.25) is 0 Å².